The molecule has 0 spiro atoms. The van der Waals surface area contributed by atoms with Gasteiger partial charge >= 0.3 is 117 Å². The second-order valence-corrected chi connectivity index (χ2v) is 51.6. The van der Waals surface area contributed by atoms with E-state index in [1.807, 2.05) is 0 Å². The third kappa shape index (κ3) is 2.79. The van der Waals surface area contributed by atoms with Gasteiger partial charge in [0.15, 0.2) is 0 Å². The van der Waals surface area contributed by atoms with Gasteiger partial charge in [-0.15, -0.1) is 24.8 Å². The monoisotopic (exact) mass is 418 g/mol. The number of hydrogen-bond donors (Lipinski definition) is 1. The van der Waals surface area contributed by atoms with Crippen LogP contribution in [-0.4, -0.2) is 4.98 Å². The number of aromatic nitrogens is 1. The van der Waals surface area contributed by atoms with Crippen molar-refractivity contribution in [1.82, 2.24) is 4.98 Å². The number of halogens is 2. The summed E-state index contributed by atoms with van der Waals surface area (Å²) in [6, 6.07) is 11.0. The summed E-state index contributed by atoms with van der Waals surface area (Å²) >= 11 is -4.11. The quantitative estimate of drug-likeness (QED) is 0.572. The van der Waals surface area contributed by atoms with Gasteiger partial charge in [0.25, 0.3) is 0 Å². The summed E-state index contributed by atoms with van der Waals surface area (Å²) in [6.45, 7) is 0. The molecule has 1 aromatic carbocycles. The second kappa shape index (κ2) is 4.41. The van der Waals surface area contributed by atoms with Gasteiger partial charge < -0.3 is 0 Å². The Bertz CT molecular complexity index is 764. The van der Waals surface area contributed by atoms with Crippen LogP contribution in [0, 0.1) is 0 Å². The van der Waals surface area contributed by atoms with E-state index in [0.29, 0.717) is 0 Å². The molecule has 1 heterocycles. The number of para-hydroxylation sites is 1. The van der Waals surface area contributed by atoms with E-state index in [0.717, 1.165) is 6.42 Å². The van der Waals surface area contributed by atoms with Gasteiger partial charge in [0, 0.05) is 0 Å². The number of nitrogens with one attached hydrogen (secondary N) is 1. The van der Waals surface area contributed by atoms with Crippen LogP contribution in [0.4, 0.5) is 0 Å². The molecule has 0 aliphatic heterocycles. The Morgan fingerprint density at radius 1 is 0.955 bits per heavy atom. The average Bonchev–Trinajstić information content (AvgIpc) is 2.98. The minimum atomic E-state index is -4.11. The van der Waals surface area contributed by atoms with Crippen molar-refractivity contribution in [3.8, 4) is 0 Å². The van der Waals surface area contributed by atoms with E-state index in [9.17, 15) is 0 Å². The van der Waals surface area contributed by atoms with Crippen LogP contribution in [0.2, 0.25) is 23.2 Å². The third-order valence-electron chi connectivity index (χ3n) is 5.55. The fraction of sp³-hybridized carbons (Fsp3) is 0.333. The SMILES string of the molecule is Cl.Cl.[CH3][Zr]([CH3])([CH3])([CH3])([CH3])([C]1=CC=CC1)[c]1cc2ccccc2[nH]1. The van der Waals surface area contributed by atoms with Gasteiger partial charge in [-0.2, -0.15) is 0 Å². The van der Waals surface area contributed by atoms with Crippen LogP contribution in [0.1, 0.15) is 6.42 Å². The second-order valence-electron chi connectivity index (χ2n) is 11.2. The van der Waals surface area contributed by atoms with Gasteiger partial charge in [-0.05, 0) is 0 Å². The molecule has 1 aliphatic carbocycles. The van der Waals surface area contributed by atoms with E-state index in [4.69, 9.17) is 0 Å². The molecule has 123 valence electrons. The van der Waals surface area contributed by atoms with Crippen molar-refractivity contribution in [3.05, 3.63) is 51.8 Å². The summed E-state index contributed by atoms with van der Waals surface area (Å²) < 4.78 is 15.8. The molecule has 1 nitrogen and oxygen atoms in total. The topological polar surface area (TPSA) is 15.8 Å². The minimum absolute atomic E-state index is 0. The Morgan fingerprint density at radius 2 is 1.59 bits per heavy atom. The first-order valence-electron chi connectivity index (χ1n) is 7.62. The van der Waals surface area contributed by atoms with E-state index in [1.165, 1.54) is 14.3 Å². The molecule has 0 saturated heterocycles. The zero-order valence-electron chi connectivity index (χ0n) is 14.1. The summed E-state index contributed by atoms with van der Waals surface area (Å²) in [7, 11) is 0. The molecule has 0 atom stereocenters. The predicted octanol–water partition coefficient (Wildman–Crippen LogP) is 6.48. The van der Waals surface area contributed by atoms with Gasteiger partial charge in [-0.3, -0.25) is 0 Å². The Morgan fingerprint density at radius 3 is 2.14 bits per heavy atom. The summed E-state index contributed by atoms with van der Waals surface area (Å²) in [6.07, 6.45) is 7.95. The van der Waals surface area contributed by atoms with E-state index >= 15 is 0 Å². The van der Waals surface area contributed by atoms with E-state index < -0.39 is 15.8 Å². The van der Waals surface area contributed by atoms with Crippen molar-refractivity contribution in [1.29, 1.82) is 0 Å². The fourth-order valence-corrected chi connectivity index (χ4v) is 14.2. The summed E-state index contributed by atoms with van der Waals surface area (Å²) in [5.74, 6) is 0. The number of hydrogen-bond acceptors (Lipinski definition) is 0. The van der Waals surface area contributed by atoms with Gasteiger partial charge in [0.2, 0.25) is 0 Å². The number of fused-ring (bicyclic) bond motifs is 1. The molecule has 3 rings (SSSR count). The number of allylic oxidation sites excluding steroid dienone is 4. The number of rotatable bonds is 2. The molecule has 0 radical (unpaired) electrons. The Balaban J connectivity index is 0.00000121. The standard InChI is InChI=1S/C8H6N.C5H5.5CH3.2ClH.Zr/c1-2-4-8-7(3-1)5-6-9-8;1-2-4-5-3-1;;;;;;;;/h1-5,9H;1-3H,4H2;5*1H3;2*1H;. The van der Waals surface area contributed by atoms with Gasteiger partial charge in [-0.25, -0.2) is 0 Å². The van der Waals surface area contributed by atoms with Crippen LogP contribution >= 0.6 is 24.8 Å². The Hall–Kier alpha value is -0.297. The van der Waals surface area contributed by atoms with Crippen molar-refractivity contribution in [2.45, 2.75) is 29.6 Å². The average molecular weight is 421 g/mol. The van der Waals surface area contributed by atoms with Gasteiger partial charge in [-0.1, -0.05) is 0 Å². The third-order valence-corrected chi connectivity index (χ3v) is 23.1. The predicted molar refractivity (Wildman–Crippen MR) is 104 cm³/mol. The first-order valence-corrected chi connectivity index (χ1v) is 22.4. The van der Waals surface area contributed by atoms with Crippen molar-refractivity contribution >= 4 is 39.1 Å². The molecule has 0 bridgehead atoms. The molecule has 1 aliphatic rings. The fourth-order valence-electron chi connectivity index (χ4n) is 3.45. The van der Waals surface area contributed by atoms with Crippen LogP contribution < -0.4 is 3.40 Å². The van der Waals surface area contributed by atoms with Crippen LogP contribution in [0.15, 0.2) is 51.8 Å². The van der Waals surface area contributed by atoms with Crippen LogP contribution in [0.3, 0.4) is 0 Å². The maximum absolute atomic E-state index is 4.11. The number of H-pyrrole nitrogens is 1. The zero-order valence-corrected chi connectivity index (χ0v) is 18.2. The molecule has 4 heteroatoms. The summed E-state index contributed by atoms with van der Waals surface area (Å²) in [5.41, 5.74) is 1.25. The van der Waals surface area contributed by atoms with E-state index in [2.05, 4.69) is 76.7 Å². The van der Waals surface area contributed by atoms with E-state index in [-0.39, 0.29) is 24.8 Å². The Kier molecular flexibility index (Phi) is 3.96. The molecular weight excluding hydrogens is 392 g/mol. The van der Waals surface area contributed by atoms with Gasteiger partial charge in [0.1, 0.15) is 0 Å². The van der Waals surface area contributed by atoms with Crippen LogP contribution in [0.5, 0.6) is 0 Å². The first kappa shape index (κ1) is 19.7. The van der Waals surface area contributed by atoms with Crippen LogP contribution in [0.25, 0.3) is 10.9 Å². The molecule has 0 fully saturated rings. The van der Waals surface area contributed by atoms with Crippen molar-refractivity contribution in [2.24, 2.45) is 0 Å². The molecule has 0 amide bonds. The molecule has 1 N–H and O–H groups in total. The molecule has 0 unspecified atom stereocenters. The number of aromatic amines is 1. The zero-order chi connectivity index (χ0) is 14.8. The van der Waals surface area contributed by atoms with Crippen molar-refractivity contribution in [2.75, 3.05) is 0 Å². The maximum atomic E-state index is 3.75. The molecule has 1 aromatic heterocycles. The molecule has 0 saturated carbocycles. The van der Waals surface area contributed by atoms with Gasteiger partial charge in [0.05, 0.1) is 0 Å². The normalized spacial score (nSPS) is 19.1. The van der Waals surface area contributed by atoms with Crippen molar-refractivity contribution < 1.29 is 15.8 Å². The molecule has 2 aromatic rings. The Labute approximate surface area is 140 Å². The number of benzene rings is 1. The van der Waals surface area contributed by atoms with Crippen LogP contribution in [-0.2, 0) is 15.8 Å². The first-order chi connectivity index (χ1) is 8.93. The summed E-state index contributed by atoms with van der Waals surface area (Å²) in [4.78, 5) is 3.75. The molecule has 22 heavy (non-hydrogen) atoms. The van der Waals surface area contributed by atoms with Crippen molar-refractivity contribution in [3.63, 3.8) is 0 Å². The summed E-state index contributed by atoms with van der Waals surface area (Å²) in [5, 5.41) is 1.32. The van der Waals surface area contributed by atoms with E-state index in [1.54, 1.807) is 3.28 Å². The molecular formula is C18H28Cl2NZr.